The predicted molar refractivity (Wildman–Crippen MR) is 68.9 cm³/mol. The fraction of sp³-hybridized carbons (Fsp3) is 0. The third-order valence-corrected chi connectivity index (χ3v) is 2.95. The Kier molecular flexibility index (Phi) is 2.80. The van der Waals surface area contributed by atoms with Crippen LogP contribution in [-0.2, 0) is 0 Å². The van der Waals surface area contributed by atoms with Crippen molar-refractivity contribution in [2.24, 2.45) is 0 Å². The van der Waals surface area contributed by atoms with Crippen molar-refractivity contribution in [1.29, 1.82) is 0 Å². The highest BCUT2D eigenvalue weighted by atomic mass is 35.5. The van der Waals surface area contributed by atoms with Crippen LogP contribution in [0.4, 0.5) is 4.39 Å². The molecule has 3 aromatic rings. The zero-order valence-corrected chi connectivity index (χ0v) is 10.3. The van der Waals surface area contributed by atoms with Gasteiger partial charge in [0.25, 0.3) is 0 Å². The van der Waals surface area contributed by atoms with E-state index in [4.69, 9.17) is 16.0 Å². The van der Waals surface area contributed by atoms with Gasteiger partial charge in [-0.2, -0.15) is 0 Å². The number of pyridine rings is 1. The third-order valence-electron chi connectivity index (χ3n) is 2.72. The van der Waals surface area contributed by atoms with Crippen LogP contribution in [0.25, 0.3) is 11.0 Å². The first-order chi connectivity index (χ1) is 9.15. The van der Waals surface area contributed by atoms with Crippen LogP contribution in [0.2, 0.25) is 5.02 Å². The first-order valence-electron chi connectivity index (χ1n) is 5.48. The zero-order valence-electron chi connectivity index (χ0n) is 9.56. The molecule has 0 saturated carbocycles. The fourth-order valence-electron chi connectivity index (χ4n) is 1.82. The SMILES string of the molecule is O=C(c1cc2cc(Cl)ccc2o1)c1ccncc1F. The average Bonchev–Trinajstić information content (AvgIpc) is 2.81. The standard InChI is InChI=1S/C14H7ClFNO2/c15-9-1-2-12-8(5-9)6-13(19-12)14(18)10-3-4-17-7-11(10)16/h1-7H. The molecule has 1 aromatic carbocycles. The van der Waals surface area contributed by atoms with Gasteiger partial charge in [0.2, 0.25) is 5.78 Å². The molecule has 94 valence electrons. The number of hydrogen-bond donors (Lipinski definition) is 0. The zero-order chi connectivity index (χ0) is 13.4. The summed E-state index contributed by atoms with van der Waals surface area (Å²) in [6.07, 6.45) is 2.35. The Morgan fingerprint density at radius 2 is 2.11 bits per heavy atom. The average molecular weight is 276 g/mol. The smallest absolute Gasteiger partial charge is 0.231 e. The second kappa shape index (κ2) is 4.48. The quantitative estimate of drug-likeness (QED) is 0.667. The molecule has 0 amide bonds. The number of aromatic nitrogens is 1. The monoisotopic (exact) mass is 275 g/mol. The maximum absolute atomic E-state index is 13.5. The Hall–Kier alpha value is -2.20. The van der Waals surface area contributed by atoms with Crippen LogP contribution in [0.3, 0.4) is 0 Å². The highest BCUT2D eigenvalue weighted by Crippen LogP contribution is 2.24. The maximum atomic E-state index is 13.5. The van der Waals surface area contributed by atoms with Crippen LogP contribution in [0.15, 0.2) is 47.1 Å². The van der Waals surface area contributed by atoms with E-state index in [1.54, 1.807) is 24.3 Å². The number of fused-ring (bicyclic) bond motifs is 1. The lowest BCUT2D eigenvalue weighted by molar-refractivity contribution is 0.101. The van der Waals surface area contributed by atoms with Crippen molar-refractivity contribution in [2.45, 2.75) is 0 Å². The van der Waals surface area contributed by atoms with Crippen molar-refractivity contribution in [1.82, 2.24) is 4.98 Å². The minimum Gasteiger partial charge on any atom is -0.453 e. The summed E-state index contributed by atoms with van der Waals surface area (Å²) in [6.45, 7) is 0. The van der Waals surface area contributed by atoms with Gasteiger partial charge < -0.3 is 4.42 Å². The van der Waals surface area contributed by atoms with Gasteiger partial charge in [0.1, 0.15) is 5.58 Å². The first-order valence-corrected chi connectivity index (χ1v) is 5.86. The third kappa shape index (κ3) is 2.11. The first kappa shape index (κ1) is 11.9. The van der Waals surface area contributed by atoms with Crippen LogP contribution in [0, 0.1) is 5.82 Å². The molecule has 0 bridgehead atoms. The minimum absolute atomic E-state index is 0.0693. The van der Waals surface area contributed by atoms with Crippen molar-refractivity contribution in [3.8, 4) is 0 Å². The maximum Gasteiger partial charge on any atom is 0.231 e. The van der Waals surface area contributed by atoms with E-state index >= 15 is 0 Å². The van der Waals surface area contributed by atoms with E-state index in [-0.39, 0.29) is 11.3 Å². The Morgan fingerprint density at radius 1 is 1.26 bits per heavy atom. The summed E-state index contributed by atoms with van der Waals surface area (Å²) in [6, 6.07) is 7.87. The molecule has 19 heavy (non-hydrogen) atoms. The van der Waals surface area contributed by atoms with E-state index < -0.39 is 11.6 Å². The van der Waals surface area contributed by atoms with Gasteiger partial charge in [-0.1, -0.05) is 11.6 Å². The molecule has 5 heteroatoms. The number of hydrogen-bond acceptors (Lipinski definition) is 3. The summed E-state index contributed by atoms with van der Waals surface area (Å²) in [5.74, 6) is -1.12. The Morgan fingerprint density at radius 3 is 2.89 bits per heavy atom. The van der Waals surface area contributed by atoms with E-state index in [9.17, 15) is 9.18 Å². The van der Waals surface area contributed by atoms with Gasteiger partial charge in [0, 0.05) is 16.6 Å². The molecule has 0 aliphatic rings. The predicted octanol–water partition coefficient (Wildman–Crippen LogP) is 3.85. The number of nitrogens with zero attached hydrogens (tertiary/aromatic N) is 1. The van der Waals surface area contributed by atoms with Gasteiger partial charge in [-0.15, -0.1) is 0 Å². The second-order valence-corrected chi connectivity index (χ2v) is 4.41. The topological polar surface area (TPSA) is 43.1 Å². The molecular formula is C14H7ClFNO2. The van der Waals surface area contributed by atoms with E-state index in [2.05, 4.69) is 4.98 Å². The van der Waals surface area contributed by atoms with E-state index in [0.717, 1.165) is 6.20 Å². The number of benzene rings is 1. The van der Waals surface area contributed by atoms with Crippen molar-refractivity contribution in [2.75, 3.05) is 0 Å². The Bertz CT molecular complexity index is 782. The summed E-state index contributed by atoms with van der Waals surface area (Å²) in [4.78, 5) is 15.7. The molecule has 2 aromatic heterocycles. The Balaban J connectivity index is 2.09. The van der Waals surface area contributed by atoms with Gasteiger partial charge in [0.05, 0.1) is 11.8 Å². The molecule has 0 unspecified atom stereocenters. The number of halogens is 2. The second-order valence-electron chi connectivity index (χ2n) is 3.98. The van der Waals surface area contributed by atoms with E-state index in [0.29, 0.717) is 16.0 Å². The molecule has 0 radical (unpaired) electrons. The number of carbonyl (C=O) groups is 1. The molecule has 0 aliphatic heterocycles. The lowest BCUT2D eigenvalue weighted by atomic mass is 10.1. The normalized spacial score (nSPS) is 10.8. The van der Waals surface area contributed by atoms with Gasteiger partial charge in [-0.05, 0) is 30.3 Å². The number of rotatable bonds is 2. The molecule has 0 atom stereocenters. The van der Waals surface area contributed by atoms with E-state index in [1.807, 2.05) is 0 Å². The minimum atomic E-state index is -0.675. The van der Waals surface area contributed by atoms with Crippen LogP contribution in [0.5, 0.6) is 0 Å². The molecule has 0 aliphatic carbocycles. The van der Waals surface area contributed by atoms with Crippen molar-refractivity contribution in [3.63, 3.8) is 0 Å². The fourth-order valence-corrected chi connectivity index (χ4v) is 2.00. The summed E-state index contributed by atoms with van der Waals surface area (Å²) in [5, 5.41) is 1.24. The van der Waals surface area contributed by atoms with Crippen LogP contribution < -0.4 is 0 Å². The molecule has 2 heterocycles. The van der Waals surface area contributed by atoms with Gasteiger partial charge in [-0.25, -0.2) is 4.39 Å². The van der Waals surface area contributed by atoms with Crippen molar-refractivity contribution in [3.05, 3.63) is 64.9 Å². The molecule has 0 spiro atoms. The largest absolute Gasteiger partial charge is 0.453 e. The molecule has 0 fully saturated rings. The van der Waals surface area contributed by atoms with Gasteiger partial charge in [-0.3, -0.25) is 9.78 Å². The molecule has 3 rings (SSSR count). The van der Waals surface area contributed by atoms with Gasteiger partial charge >= 0.3 is 0 Å². The van der Waals surface area contributed by atoms with Crippen LogP contribution in [0.1, 0.15) is 16.1 Å². The van der Waals surface area contributed by atoms with Crippen molar-refractivity contribution < 1.29 is 13.6 Å². The molecule has 0 saturated heterocycles. The number of ketones is 1. The van der Waals surface area contributed by atoms with Gasteiger partial charge in [0.15, 0.2) is 11.6 Å². The van der Waals surface area contributed by atoms with Crippen molar-refractivity contribution >= 4 is 28.4 Å². The molecule has 0 N–H and O–H groups in total. The van der Waals surface area contributed by atoms with Crippen LogP contribution >= 0.6 is 11.6 Å². The number of furan rings is 1. The Labute approximate surface area is 112 Å². The van der Waals surface area contributed by atoms with E-state index in [1.165, 1.54) is 12.3 Å². The van der Waals surface area contributed by atoms with Crippen LogP contribution in [-0.4, -0.2) is 10.8 Å². The lowest BCUT2D eigenvalue weighted by Gasteiger charge is -1.97. The summed E-state index contributed by atoms with van der Waals surface area (Å²) >= 11 is 5.85. The lowest BCUT2D eigenvalue weighted by Crippen LogP contribution is -2.03. The summed E-state index contributed by atoms with van der Waals surface area (Å²) < 4.78 is 18.9. The molecular weight excluding hydrogens is 269 g/mol. The highest BCUT2D eigenvalue weighted by Gasteiger charge is 2.18. The summed E-state index contributed by atoms with van der Waals surface area (Å²) in [5.41, 5.74) is 0.461. The molecule has 3 nitrogen and oxygen atoms in total. The number of carbonyl (C=O) groups excluding carboxylic acids is 1. The highest BCUT2D eigenvalue weighted by molar-refractivity contribution is 6.31. The summed E-state index contributed by atoms with van der Waals surface area (Å²) in [7, 11) is 0.